The van der Waals surface area contributed by atoms with E-state index >= 15 is 0 Å². The summed E-state index contributed by atoms with van der Waals surface area (Å²) in [4.78, 5) is 16.7. The molecule has 30 heavy (non-hydrogen) atoms. The summed E-state index contributed by atoms with van der Waals surface area (Å²) in [5.41, 5.74) is 2.61. The van der Waals surface area contributed by atoms with Crippen LogP contribution < -0.4 is 15.0 Å². The molecule has 2 aromatic carbocycles. The zero-order chi connectivity index (χ0) is 21.5. The monoisotopic (exact) mass is 419 g/mol. The molecule has 1 N–H and O–H groups in total. The number of benzene rings is 2. The van der Waals surface area contributed by atoms with Gasteiger partial charge in [0.1, 0.15) is 5.75 Å². The first-order valence-electron chi connectivity index (χ1n) is 9.90. The van der Waals surface area contributed by atoms with Gasteiger partial charge in [-0.2, -0.15) is 8.78 Å². The van der Waals surface area contributed by atoms with Gasteiger partial charge in [0.25, 0.3) is 0 Å². The normalized spacial score (nSPS) is 15.3. The second kappa shape index (κ2) is 10.4. The Balaban J connectivity index is 1.54. The van der Waals surface area contributed by atoms with Crippen molar-refractivity contribution in [1.82, 2.24) is 4.90 Å². The average Bonchev–Trinajstić information content (AvgIpc) is 2.74. The predicted octanol–water partition coefficient (Wildman–Crippen LogP) is 3.58. The summed E-state index contributed by atoms with van der Waals surface area (Å²) in [6.07, 6.45) is 0. The summed E-state index contributed by atoms with van der Waals surface area (Å²) in [5.74, 6) is -0.0371. The van der Waals surface area contributed by atoms with Gasteiger partial charge in [0.2, 0.25) is 5.91 Å². The van der Waals surface area contributed by atoms with Gasteiger partial charge in [-0.25, -0.2) is 0 Å². The van der Waals surface area contributed by atoms with Crippen LogP contribution in [0.25, 0.3) is 0 Å². The third kappa shape index (κ3) is 6.14. The van der Waals surface area contributed by atoms with Crippen LogP contribution in [0.1, 0.15) is 12.5 Å². The third-order valence-corrected chi connectivity index (χ3v) is 5.11. The highest BCUT2D eigenvalue weighted by atomic mass is 19.3. The number of amides is 1. The molecule has 1 aliphatic rings. The Morgan fingerprint density at radius 2 is 1.90 bits per heavy atom. The molecular formula is C22H27F2N3O3. The van der Waals surface area contributed by atoms with E-state index < -0.39 is 12.7 Å². The highest BCUT2D eigenvalue weighted by Gasteiger charge is 2.19. The maximum Gasteiger partial charge on any atom is 0.387 e. The number of ether oxygens (including phenoxy) is 2. The number of anilines is 2. The Morgan fingerprint density at radius 3 is 2.57 bits per heavy atom. The van der Waals surface area contributed by atoms with Crippen molar-refractivity contribution in [3.05, 3.63) is 54.1 Å². The molecule has 0 aromatic heterocycles. The van der Waals surface area contributed by atoms with Crippen molar-refractivity contribution in [2.45, 2.75) is 26.1 Å². The summed E-state index contributed by atoms with van der Waals surface area (Å²) in [6, 6.07) is 13.8. The molecule has 1 amide bonds. The van der Waals surface area contributed by atoms with Crippen molar-refractivity contribution in [2.75, 3.05) is 43.6 Å². The number of hydrogen-bond donors (Lipinski definition) is 1. The quantitative estimate of drug-likeness (QED) is 0.709. The smallest absolute Gasteiger partial charge is 0.387 e. The SMILES string of the molecule is CC(C(=O)Nc1ccc(N2CCOCC2)cc1)N(C)Cc1cccc(OC(F)F)c1. The maximum atomic E-state index is 12.6. The van der Waals surface area contributed by atoms with Gasteiger partial charge in [-0.3, -0.25) is 9.69 Å². The minimum atomic E-state index is -2.86. The molecule has 1 heterocycles. The number of rotatable bonds is 8. The van der Waals surface area contributed by atoms with E-state index in [1.54, 1.807) is 19.1 Å². The van der Waals surface area contributed by atoms with Crippen molar-refractivity contribution < 1.29 is 23.0 Å². The van der Waals surface area contributed by atoms with Gasteiger partial charge >= 0.3 is 6.61 Å². The lowest BCUT2D eigenvalue weighted by atomic mass is 10.1. The number of likely N-dealkylation sites (N-methyl/N-ethyl adjacent to an activating group) is 1. The highest BCUT2D eigenvalue weighted by Crippen LogP contribution is 2.20. The molecule has 1 aliphatic heterocycles. The predicted molar refractivity (Wildman–Crippen MR) is 112 cm³/mol. The van der Waals surface area contributed by atoms with Gasteiger partial charge in [0.15, 0.2) is 0 Å². The molecule has 8 heteroatoms. The number of halogens is 2. The van der Waals surface area contributed by atoms with Crippen LogP contribution in [-0.4, -0.2) is 56.8 Å². The van der Waals surface area contributed by atoms with Gasteiger partial charge in [-0.05, 0) is 55.9 Å². The fraction of sp³-hybridized carbons (Fsp3) is 0.409. The average molecular weight is 419 g/mol. The van der Waals surface area contributed by atoms with E-state index in [1.807, 2.05) is 42.3 Å². The van der Waals surface area contributed by atoms with Crippen LogP contribution in [0.2, 0.25) is 0 Å². The third-order valence-electron chi connectivity index (χ3n) is 5.11. The molecule has 0 saturated carbocycles. The standard InChI is InChI=1S/C22H27F2N3O3/c1-16(26(2)15-17-4-3-5-20(14-17)30-22(23)24)21(28)25-18-6-8-19(9-7-18)27-10-12-29-13-11-27/h3-9,14,16,22H,10-13,15H2,1-2H3,(H,25,28). The number of carbonyl (C=O) groups is 1. The highest BCUT2D eigenvalue weighted by molar-refractivity contribution is 5.94. The number of hydrogen-bond acceptors (Lipinski definition) is 5. The zero-order valence-electron chi connectivity index (χ0n) is 17.2. The van der Waals surface area contributed by atoms with E-state index in [1.165, 1.54) is 6.07 Å². The Bertz CT molecular complexity index is 827. The molecule has 6 nitrogen and oxygen atoms in total. The minimum absolute atomic E-state index is 0.105. The minimum Gasteiger partial charge on any atom is -0.435 e. The lowest BCUT2D eigenvalue weighted by Gasteiger charge is -2.29. The zero-order valence-corrected chi connectivity index (χ0v) is 17.2. The lowest BCUT2D eigenvalue weighted by molar-refractivity contribution is -0.120. The van der Waals surface area contributed by atoms with E-state index in [4.69, 9.17) is 4.74 Å². The second-order valence-corrected chi connectivity index (χ2v) is 7.25. The number of carbonyl (C=O) groups excluding carboxylic acids is 1. The molecule has 0 radical (unpaired) electrons. The van der Waals surface area contributed by atoms with E-state index in [0.717, 1.165) is 43.2 Å². The van der Waals surface area contributed by atoms with E-state index in [-0.39, 0.29) is 11.7 Å². The van der Waals surface area contributed by atoms with E-state index in [0.29, 0.717) is 6.54 Å². The molecule has 162 valence electrons. The van der Waals surface area contributed by atoms with Crippen molar-refractivity contribution in [1.29, 1.82) is 0 Å². The molecule has 0 spiro atoms. The molecule has 0 aliphatic carbocycles. The molecule has 1 atom stereocenters. The fourth-order valence-electron chi connectivity index (χ4n) is 3.27. The number of morpholine rings is 1. The van der Waals surface area contributed by atoms with Crippen LogP contribution in [0.15, 0.2) is 48.5 Å². The fourth-order valence-corrected chi connectivity index (χ4v) is 3.27. The van der Waals surface area contributed by atoms with Gasteiger partial charge in [-0.15, -0.1) is 0 Å². The van der Waals surface area contributed by atoms with Crippen molar-refractivity contribution >= 4 is 17.3 Å². The summed E-state index contributed by atoms with van der Waals surface area (Å²) >= 11 is 0. The van der Waals surface area contributed by atoms with Crippen molar-refractivity contribution in [3.63, 3.8) is 0 Å². The molecule has 1 unspecified atom stereocenters. The second-order valence-electron chi connectivity index (χ2n) is 7.25. The lowest BCUT2D eigenvalue weighted by Crippen LogP contribution is -2.39. The molecule has 1 saturated heterocycles. The summed E-state index contributed by atoms with van der Waals surface area (Å²) in [6.45, 7) is 2.52. The Kier molecular flexibility index (Phi) is 7.59. The number of alkyl halides is 2. The van der Waals surface area contributed by atoms with Crippen LogP contribution in [0.4, 0.5) is 20.2 Å². The molecule has 2 aromatic rings. The van der Waals surface area contributed by atoms with E-state index in [9.17, 15) is 13.6 Å². The Morgan fingerprint density at radius 1 is 1.20 bits per heavy atom. The summed E-state index contributed by atoms with van der Waals surface area (Å²) < 4.78 is 34.6. The first-order chi connectivity index (χ1) is 14.4. The number of nitrogens with one attached hydrogen (secondary N) is 1. The number of nitrogens with zero attached hydrogens (tertiary/aromatic N) is 2. The van der Waals surface area contributed by atoms with Gasteiger partial charge in [-0.1, -0.05) is 12.1 Å². The van der Waals surface area contributed by atoms with Crippen LogP contribution in [0, 0.1) is 0 Å². The van der Waals surface area contributed by atoms with Gasteiger partial charge in [0.05, 0.1) is 19.3 Å². The topological polar surface area (TPSA) is 54.0 Å². The largest absolute Gasteiger partial charge is 0.435 e. The van der Waals surface area contributed by atoms with Crippen LogP contribution in [0.3, 0.4) is 0 Å². The van der Waals surface area contributed by atoms with Crippen LogP contribution in [-0.2, 0) is 16.1 Å². The van der Waals surface area contributed by atoms with Crippen LogP contribution >= 0.6 is 0 Å². The first-order valence-corrected chi connectivity index (χ1v) is 9.90. The van der Waals surface area contributed by atoms with Crippen molar-refractivity contribution in [2.24, 2.45) is 0 Å². The summed E-state index contributed by atoms with van der Waals surface area (Å²) in [7, 11) is 1.81. The molecule has 3 rings (SSSR count). The molecule has 1 fully saturated rings. The Labute approximate surface area is 175 Å². The molecule has 0 bridgehead atoms. The van der Waals surface area contributed by atoms with Crippen LogP contribution in [0.5, 0.6) is 5.75 Å². The molecular weight excluding hydrogens is 392 g/mol. The van der Waals surface area contributed by atoms with Gasteiger partial charge in [0, 0.05) is 31.0 Å². The Hall–Kier alpha value is -2.71. The first kappa shape index (κ1) is 22.0. The van der Waals surface area contributed by atoms with Crippen molar-refractivity contribution in [3.8, 4) is 5.75 Å². The maximum absolute atomic E-state index is 12.6. The van der Waals surface area contributed by atoms with E-state index in [2.05, 4.69) is 15.0 Å². The van der Waals surface area contributed by atoms with Gasteiger partial charge < -0.3 is 19.7 Å². The summed E-state index contributed by atoms with van der Waals surface area (Å²) in [5, 5.41) is 2.93.